The van der Waals surface area contributed by atoms with E-state index in [-0.39, 0.29) is 29.5 Å². The first-order chi connectivity index (χ1) is 11.5. The Morgan fingerprint density at radius 2 is 1.92 bits per heavy atom. The molecule has 0 unspecified atom stereocenters. The SMILES string of the molecule is N#Cc1ccc(OCCOC(=O)c2cc(Cl)ccc2[N+](=O)[O-])cc1. The Bertz CT molecular complexity index is 799. The summed E-state index contributed by atoms with van der Waals surface area (Å²) in [6, 6.07) is 12.1. The number of hydrogen-bond acceptors (Lipinski definition) is 6. The van der Waals surface area contributed by atoms with Gasteiger partial charge in [-0.05, 0) is 36.4 Å². The fourth-order valence-corrected chi connectivity index (χ4v) is 2.00. The average molecular weight is 347 g/mol. The third-order valence-corrected chi connectivity index (χ3v) is 3.18. The van der Waals surface area contributed by atoms with Gasteiger partial charge in [0, 0.05) is 11.1 Å². The van der Waals surface area contributed by atoms with Gasteiger partial charge in [0.1, 0.15) is 24.5 Å². The maximum absolute atomic E-state index is 11.9. The van der Waals surface area contributed by atoms with Crippen molar-refractivity contribution in [2.45, 2.75) is 0 Å². The lowest BCUT2D eigenvalue weighted by molar-refractivity contribution is -0.385. The summed E-state index contributed by atoms with van der Waals surface area (Å²) in [7, 11) is 0. The molecule has 0 aliphatic carbocycles. The minimum absolute atomic E-state index is 0.0615. The van der Waals surface area contributed by atoms with Gasteiger partial charge in [0.2, 0.25) is 0 Å². The predicted octanol–water partition coefficient (Wildman–Crippen LogP) is 3.36. The highest BCUT2D eigenvalue weighted by Crippen LogP contribution is 2.23. The van der Waals surface area contributed by atoms with Gasteiger partial charge in [0.15, 0.2) is 0 Å². The second kappa shape index (κ2) is 7.94. The second-order valence-corrected chi connectivity index (χ2v) is 4.98. The van der Waals surface area contributed by atoms with E-state index in [4.69, 9.17) is 26.3 Å². The number of carbonyl (C=O) groups excluding carboxylic acids is 1. The monoisotopic (exact) mass is 346 g/mol. The third-order valence-electron chi connectivity index (χ3n) is 2.94. The molecule has 0 aliphatic rings. The lowest BCUT2D eigenvalue weighted by Gasteiger charge is -2.08. The van der Waals surface area contributed by atoms with Gasteiger partial charge >= 0.3 is 5.97 Å². The minimum atomic E-state index is -0.854. The van der Waals surface area contributed by atoms with Crippen molar-refractivity contribution < 1.29 is 19.2 Å². The maximum Gasteiger partial charge on any atom is 0.345 e. The number of benzene rings is 2. The van der Waals surface area contributed by atoms with Gasteiger partial charge in [0.05, 0.1) is 16.6 Å². The first-order valence-corrected chi connectivity index (χ1v) is 7.13. The van der Waals surface area contributed by atoms with Crippen LogP contribution in [0.5, 0.6) is 5.75 Å². The number of nitriles is 1. The Balaban J connectivity index is 1.90. The molecule has 2 aromatic carbocycles. The standard InChI is InChI=1S/C16H11ClN2O5/c17-12-3-6-15(19(21)22)14(9-12)16(20)24-8-7-23-13-4-1-11(10-18)2-5-13/h1-6,9H,7-8H2. The predicted molar refractivity (Wildman–Crippen MR) is 85.0 cm³/mol. The third kappa shape index (κ3) is 4.44. The lowest BCUT2D eigenvalue weighted by Crippen LogP contribution is -2.13. The van der Waals surface area contributed by atoms with E-state index in [0.717, 1.165) is 6.07 Å². The fraction of sp³-hybridized carbons (Fsp3) is 0.125. The topological polar surface area (TPSA) is 102 Å². The lowest BCUT2D eigenvalue weighted by atomic mass is 10.2. The van der Waals surface area contributed by atoms with Crippen LogP contribution in [0.2, 0.25) is 5.02 Å². The number of nitro groups is 1. The molecular formula is C16H11ClN2O5. The molecule has 0 saturated heterocycles. The molecule has 0 amide bonds. The number of hydrogen-bond donors (Lipinski definition) is 0. The summed E-state index contributed by atoms with van der Waals surface area (Å²) >= 11 is 5.75. The molecule has 2 aromatic rings. The quantitative estimate of drug-likeness (QED) is 0.344. The molecule has 0 aliphatic heterocycles. The molecule has 0 spiro atoms. The van der Waals surface area contributed by atoms with Crippen LogP contribution >= 0.6 is 11.6 Å². The van der Waals surface area contributed by atoms with E-state index >= 15 is 0 Å². The van der Waals surface area contributed by atoms with Gasteiger partial charge in [-0.15, -0.1) is 0 Å². The van der Waals surface area contributed by atoms with Crippen LogP contribution in [0.3, 0.4) is 0 Å². The first-order valence-electron chi connectivity index (χ1n) is 6.75. The van der Waals surface area contributed by atoms with Gasteiger partial charge < -0.3 is 9.47 Å². The Labute approximate surface area is 142 Å². The number of esters is 1. The highest BCUT2D eigenvalue weighted by molar-refractivity contribution is 6.31. The molecule has 0 N–H and O–H groups in total. The molecule has 0 heterocycles. The number of carbonyl (C=O) groups is 1. The van der Waals surface area contributed by atoms with E-state index < -0.39 is 10.9 Å². The van der Waals surface area contributed by atoms with Crippen molar-refractivity contribution in [1.29, 1.82) is 5.26 Å². The highest BCUT2D eigenvalue weighted by atomic mass is 35.5. The first kappa shape index (κ1) is 17.2. The van der Waals surface area contributed by atoms with Crippen molar-refractivity contribution in [3.05, 3.63) is 68.7 Å². The molecule has 8 heteroatoms. The molecule has 0 bridgehead atoms. The smallest absolute Gasteiger partial charge is 0.345 e. The molecule has 122 valence electrons. The van der Waals surface area contributed by atoms with E-state index in [1.165, 1.54) is 12.1 Å². The van der Waals surface area contributed by atoms with Crippen LogP contribution in [0.4, 0.5) is 5.69 Å². The number of nitrogens with zero attached hydrogens (tertiary/aromatic N) is 2. The van der Waals surface area contributed by atoms with Gasteiger partial charge in [-0.3, -0.25) is 10.1 Å². The molecule has 0 fully saturated rings. The van der Waals surface area contributed by atoms with Gasteiger partial charge in [0.25, 0.3) is 5.69 Å². The number of rotatable bonds is 6. The van der Waals surface area contributed by atoms with E-state index in [9.17, 15) is 14.9 Å². The molecule has 0 aromatic heterocycles. The molecular weight excluding hydrogens is 336 g/mol. The Kier molecular flexibility index (Phi) is 5.71. The Morgan fingerprint density at radius 3 is 2.54 bits per heavy atom. The fourth-order valence-electron chi connectivity index (χ4n) is 1.83. The van der Waals surface area contributed by atoms with Crippen LogP contribution in [0, 0.1) is 21.4 Å². The zero-order valence-electron chi connectivity index (χ0n) is 12.3. The van der Waals surface area contributed by atoms with Crippen molar-refractivity contribution in [3.8, 4) is 11.8 Å². The zero-order chi connectivity index (χ0) is 17.5. The van der Waals surface area contributed by atoms with Crippen LogP contribution < -0.4 is 4.74 Å². The number of halogens is 1. The molecule has 7 nitrogen and oxygen atoms in total. The van der Waals surface area contributed by atoms with Crippen molar-refractivity contribution in [3.63, 3.8) is 0 Å². The Morgan fingerprint density at radius 1 is 1.21 bits per heavy atom. The van der Waals surface area contributed by atoms with Crippen molar-refractivity contribution in [2.75, 3.05) is 13.2 Å². The van der Waals surface area contributed by atoms with Crippen LogP contribution in [-0.4, -0.2) is 24.1 Å². The molecule has 0 radical (unpaired) electrons. The minimum Gasteiger partial charge on any atom is -0.490 e. The van der Waals surface area contributed by atoms with E-state index in [0.29, 0.717) is 11.3 Å². The zero-order valence-corrected chi connectivity index (χ0v) is 13.0. The summed E-state index contributed by atoms with van der Waals surface area (Å²) in [6.07, 6.45) is 0. The van der Waals surface area contributed by atoms with Crippen LogP contribution in [0.15, 0.2) is 42.5 Å². The molecule has 2 rings (SSSR count). The van der Waals surface area contributed by atoms with Crippen LogP contribution in [-0.2, 0) is 4.74 Å². The summed E-state index contributed by atoms with van der Waals surface area (Å²) in [4.78, 5) is 22.2. The van der Waals surface area contributed by atoms with E-state index in [1.807, 2.05) is 6.07 Å². The van der Waals surface area contributed by atoms with Gasteiger partial charge in [-0.2, -0.15) is 5.26 Å². The molecule has 0 atom stereocenters. The van der Waals surface area contributed by atoms with E-state index in [1.54, 1.807) is 24.3 Å². The molecule has 24 heavy (non-hydrogen) atoms. The summed E-state index contributed by atoms with van der Waals surface area (Å²) in [5.74, 6) is -0.341. The summed E-state index contributed by atoms with van der Waals surface area (Å²) in [5, 5.41) is 19.8. The second-order valence-electron chi connectivity index (χ2n) is 4.54. The van der Waals surface area contributed by atoms with Crippen molar-refractivity contribution >= 4 is 23.3 Å². The largest absolute Gasteiger partial charge is 0.490 e. The number of nitro benzene ring substituents is 1. The number of ether oxygens (including phenoxy) is 2. The van der Waals surface area contributed by atoms with Crippen LogP contribution in [0.25, 0.3) is 0 Å². The summed E-state index contributed by atoms with van der Waals surface area (Å²) in [5.41, 5.74) is -0.0923. The van der Waals surface area contributed by atoms with E-state index in [2.05, 4.69) is 0 Å². The van der Waals surface area contributed by atoms with Crippen molar-refractivity contribution in [2.24, 2.45) is 0 Å². The van der Waals surface area contributed by atoms with Crippen LogP contribution in [0.1, 0.15) is 15.9 Å². The maximum atomic E-state index is 11.9. The van der Waals surface area contributed by atoms with Gasteiger partial charge in [-0.25, -0.2) is 4.79 Å². The molecule has 0 saturated carbocycles. The Hall–Kier alpha value is -3.11. The highest BCUT2D eigenvalue weighted by Gasteiger charge is 2.21. The summed E-state index contributed by atoms with van der Waals surface area (Å²) < 4.78 is 10.3. The normalized spacial score (nSPS) is 9.83. The average Bonchev–Trinajstić information content (AvgIpc) is 2.58. The summed E-state index contributed by atoms with van der Waals surface area (Å²) in [6.45, 7) is -0.0332. The van der Waals surface area contributed by atoms with Gasteiger partial charge in [-0.1, -0.05) is 11.6 Å². The van der Waals surface area contributed by atoms with Crippen molar-refractivity contribution in [1.82, 2.24) is 0 Å².